The van der Waals surface area contributed by atoms with Crippen molar-refractivity contribution < 1.29 is 10.0 Å². The van der Waals surface area contributed by atoms with Gasteiger partial charge >= 0.3 is 0 Å². The van der Waals surface area contributed by atoms with E-state index in [-0.39, 0.29) is 18.0 Å². The lowest BCUT2D eigenvalue weighted by Gasteiger charge is -2.07. The summed E-state index contributed by atoms with van der Waals surface area (Å²) in [5.74, 6) is 0. The number of aryl methyl sites for hydroxylation is 1. The van der Waals surface area contributed by atoms with Crippen LogP contribution in [0.4, 0.5) is 5.69 Å². The van der Waals surface area contributed by atoms with Crippen LogP contribution >= 0.6 is 0 Å². The van der Waals surface area contributed by atoms with E-state index >= 15 is 0 Å². The van der Waals surface area contributed by atoms with Crippen molar-refractivity contribution in [3.8, 4) is 0 Å². The summed E-state index contributed by atoms with van der Waals surface area (Å²) in [6, 6.07) is 0.577. The number of pyridine rings is 1. The maximum atomic E-state index is 10.6. The second kappa shape index (κ2) is 4.12. The van der Waals surface area contributed by atoms with Crippen molar-refractivity contribution >= 4 is 5.69 Å². The van der Waals surface area contributed by atoms with Gasteiger partial charge in [0.1, 0.15) is 5.69 Å². The van der Waals surface area contributed by atoms with Crippen molar-refractivity contribution in [1.29, 1.82) is 0 Å². The van der Waals surface area contributed by atoms with Crippen molar-refractivity contribution in [1.82, 2.24) is 4.98 Å². The first kappa shape index (κ1) is 10.6. The Labute approximate surface area is 80.5 Å². The van der Waals surface area contributed by atoms with E-state index < -0.39 is 11.0 Å². The van der Waals surface area contributed by atoms with Crippen LogP contribution in [-0.4, -0.2) is 21.6 Å². The van der Waals surface area contributed by atoms with Crippen molar-refractivity contribution in [2.75, 3.05) is 6.61 Å². The van der Waals surface area contributed by atoms with E-state index in [0.717, 1.165) is 0 Å². The average molecular weight is 197 g/mol. The molecule has 0 aliphatic heterocycles. The first-order chi connectivity index (χ1) is 6.56. The second-order valence-electron chi connectivity index (χ2n) is 2.96. The lowest BCUT2D eigenvalue weighted by atomic mass is 10.1. The lowest BCUT2D eigenvalue weighted by Crippen LogP contribution is -2.17. The summed E-state index contributed by atoms with van der Waals surface area (Å²) in [5.41, 5.74) is 6.12. The van der Waals surface area contributed by atoms with Crippen LogP contribution in [0.5, 0.6) is 0 Å². The molecular formula is C8H11N3O3. The van der Waals surface area contributed by atoms with Gasteiger partial charge in [0.15, 0.2) is 0 Å². The Kier molecular flexibility index (Phi) is 3.10. The fourth-order valence-corrected chi connectivity index (χ4v) is 1.08. The molecule has 0 aromatic carbocycles. The van der Waals surface area contributed by atoms with Gasteiger partial charge in [0, 0.05) is 12.3 Å². The van der Waals surface area contributed by atoms with Crippen LogP contribution in [0.1, 0.15) is 17.3 Å². The molecule has 1 aromatic rings. The second-order valence-corrected chi connectivity index (χ2v) is 2.96. The summed E-state index contributed by atoms with van der Waals surface area (Å²) < 4.78 is 0. The molecule has 0 aliphatic rings. The molecule has 0 bridgehead atoms. The molecule has 3 N–H and O–H groups in total. The fraction of sp³-hybridized carbons (Fsp3) is 0.375. The maximum absolute atomic E-state index is 10.6. The molecule has 0 spiro atoms. The molecule has 0 saturated heterocycles. The highest BCUT2D eigenvalue weighted by Crippen LogP contribution is 2.21. The molecule has 0 unspecified atom stereocenters. The highest BCUT2D eigenvalue weighted by atomic mass is 16.6. The summed E-state index contributed by atoms with van der Waals surface area (Å²) in [4.78, 5) is 13.9. The Morgan fingerprint density at radius 1 is 1.79 bits per heavy atom. The van der Waals surface area contributed by atoms with Crippen LogP contribution in [0.15, 0.2) is 12.3 Å². The Bertz CT molecular complexity index is 354. The number of aliphatic hydroxyl groups excluding tert-OH is 1. The number of rotatable bonds is 3. The van der Waals surface area contributed by atoms with Crippen LogP contribution in [0.25, 0.3) is 0 Å². The van der Waals surface area contributed by atoms with Gasteiger partial charge in [-0.2, -0.15) is 0 Å². The van der Waals surface area contributed by atoms with Gasteiger partial charge < -0.3 is 10.8 Å². The number of hydrogen-bond donors (Lipinski definition) is 2. The SMILES string of the molecule is Cc1cnc([C@H](N)CO)c([N+](=O)[O-])c1. The molecule has 1 heterocycles. The summed E-state index contributed by atoms with van der Waals surface area (Å²) in [6.07, 6.45) is 1.48. The summed E-state index contributed by atoms with van der Waals surface area (Å²) >= 11 is 0. The molecule has 1 atom stereocenters. The first-order valence-electron chi connectivity index (χ1n) is 4.03. The number of aliphatic hydroxyl groups is 1. The van der Waals surface area contributed by atoms with E-state index in [0.29, 0.717) is 5.56 Å². The van der Waals surface area contributed by atoms with Crippen LogP contribution in [0.3, 0.4) is 0 Å². The van der Waals surface area contributed by atoms with E-state index in [1.54, 1.807) is 6.92 Å². The number of aromatic nitrogens is 1. The normalized spacial score (nSPS) is 12.5. The van der Waals surface area contributed by atoms with Gasteiger partial charge in [0.2, 0.25) is 0 Å². The molecule has 1 rings (SSSR count). The molecular weight excluding hydrogens is 186 g/mol. The molecule has 0 fully saturated rings. The summed E-state index contributed by atoms with van der Waals surface area (Å²) in [6.45, 7) is 1.34. The predicted molar refractivity (Wildman–Crippen MR) is 49.6 cm³/mol. The zero-order valence-corrected chi connectivity index (χ0v) is 7.67. The summed E-state index contributed by atoms with van der Waals surface area (Å²) in [7, 11) is 0. The monoisotopic (exact) mass is 197 g/mol. The number of nitrogens with zero attached hydrogens (tertiary/aromatic N) is 2. The molecule has 6 nitrogen and oxygen atoms in total. The van der Waals surface area contributed by atoms with E-state index in [1.165, 1.54) is 12.3 Å². The zero-order chi connectivity index (χ0) is 10.7. The minimum atomic E-state index is -0.809. The van der Waals surface area contributed by atoms with Crippen LogP contribution in [-0.2, 0) is 0 Å². The minimum Gasteiger partial charge on any atom is -0.394 e. The smallest absolute Gasteiger partial charge is 0.292 e. The third kappa shape index (κ3) is 2.04. The largest absolute Gasteiger partial charge is 0.394 e. The zero-order valence-electron chi connectivity index (χ0n) is 7.67. The summed E-state index contributed by atoms with van der Waals surface area (Å²) in [5, 5.41) is 19.4. The van der Waals surface area contributed by atoms with E-state index in [9.17, 15) is 10.1 Å². The Balaban J connectivity index is 3.21. The van der Waals surface area contributed by atoms with Crippen molar-refractivity contribution in [2.24, 2.45) is 5.73 Å². The van der Waals surface area contributed by atoms with Gasteiger partial charge in [-0.25, -0.2) is 0 Å². The van der Waals surface area contributed by atoms with Gasteiger partial charge in [-0.3, -0.25) is 15.1 Å². The van der Waals surface area contributed by atoms with Gasteiger partial charge in [0.25, 0.3) is 5.69 Å². The van der Waals surface area contributed by atoms with Crippen molar-refractivity contribution in [3.63, 3.8) is 0 Å². The molecule has 0 amide bonds. The van der Waals surface area contributed by atoms with Crippen LogP contribution in [0.2, 0.25) is 0 Å². The number of hydrogen-bond acceptors (Lipinski definition) is 5. The lowest BCUT2D eigenvalue weighted by molar-refractivity contribution is -0.386. The molecule has 0 aliphatic carbocycles. The molecule has 1 aromatic heterocycles. The third-order valence-electron chi connectivity index (χ3n) is 1.78. The maximum Gasteiger partial charge on any atom is 0.292 e. The fourth-order valence-electron chi connectivity index (χ4n) is 1.08. The standard InChI is InChI=1S/C8H11N3O3/c1-5-2-7(11(13)14)8(10-3-5)6(9)4-12/h2-3,6,12H,4,9H2,1H3/t6-/m1/s1. The molecule has 14 heavy (non-hydrogen) atoms. The van der Waals surface area contributed by atoms with Crippen molar-refractivity contribution in [3.05, 3.63) is 33.6 Å². The highest BCUT2D eigenvalue weighted by Gasteiger charge is 2.20. The number of nitro groups is 1. The number of nitrogens with two attached hydrogens (primary N) is 1. The predicted octanol–water partition coefficient (Wildman–Crippen LogP) is 0.290. The Hall–Kier alpha value is -1.53. The van der Waals surface area contributed by atoms with Gasteiger partial charge in [-0.05, 0) is 12.5 Å². The molecule has 0 saturated carbocycles. The molecule has 76 valence electrons. The first-order valence-corrected chi connectivity index (χ1v) is 4.03. The van der Waals surface area contributed by atoms with Crippen LogP contribution in [0, 0.1) is 17.0 Å². The quantitative estimate of drug-likeness (QED) is 0.535. The Morgan fingerprint density at radius 3 is 2.93 bits per heavy atom. The average Bonchev–Trinajstić information content (AvgIpc) is 2.16. The Morgan fingerprint density at radius 2 is 2.43 bits per heavy atom. The van der Waals surface area contributed by atoms with Gasteiger partial charge in [-0.15, -0.1) is 0 Å². The van der Waals surface area contributed by atoms with Gasteiger partial charge in [0.05, 0.1) is 17.6 Å². The van der Waals surface area contributed by atoms with E-state index in [1.807, 2.05) is 0 Å². The van der Waals surface area contributed by atoms with Crippen LogP contribution < -0.4 is 5.73 Å². The topological polar surface area (TPSA) is 102 Å². The molecule has 0 radical (unpaired) electrons. The minimum absolute atomic E-state index is 0.114. The van der Waals surface area contributed by atoms with Crippen molar-refractivity contribution in [2.45, 2.75) is 13.0 Å². The third-order valence-corrected chi connectivity index (χ3v) is 1.78. The van der Waals surface area contributed by atoms with Gasteiger partial charge in [-0.1, -0.05) is 0 Å². The highest BCUT2D eigenvalue weighted by molar-refractivity contribution is 5.39. The van der Waals surface area contributed by atoms with E-state index in [2.05, 4.69) is 4.98 Å². The molecule has 6 heteroatoms. The van der Waals surface area contributed by atoms with E-state index in [4.69, 9.17) is 10.8 Å².